The third-order valence-corrected chi connectivity index (χ3v) is 4.19. The number of primary amides is 1. The number of carbonyl (C=O) groups excluding carboxylic acids is 1. The summed E-state index contributed by atoms with van der Waals surface area (Å²) in [6, 6.07) is 15.5. The van der Waals surface area contributed by atoms with Gasteiger partial charge < -0.3 is 21.1 Å². The Hall–Kier alpha value is -2.73. The van der Waals surface area contributed by atoms with Crippen molar-refractivity contribution in [3.63, 3.8) is 0 Å². The molecule has 0 saturated heterocycles. The summed E-state index contributed by atoms with van der Waals surface area (Å²) in [6.45, 7) is 4.19. The molecule has 0 unspecified atom stereocenters. The van der Waals surface area contributed by atoms with E-state index < -0.39 is 5.91 Å². The van der Waals surface area contributed by atoms with Gasteiger partial charge in [0, 0.05) is 24.7 Å². The minimum Gasteiger partial charge on any atom is -0.484 e. The second kappa shape index (κ2) is 11.9. The molecule has 4 N–H and O–H groups in total. The zero-order chi connectivity index (χ0) is 20.2. The van der Waals surface area contributed by atoms with Gasteiger partial charge in [-0.3, -0.25) is 9.79 Å². The Kier molecular flexibility index (Phi) is 9.15. The molecule has 6 nitrogen and oxygen atoms in total. The van der Waals surface area contributed by atoms with E-state index in [1.54, 1.807) is 0 Å². The van der Waals surface area contributed by atoms with Crippen LogP contribution >= 0.6 is 11.6 Å². The van der Waals surface area contributed by atoms with E-state index in [9.17, 15) is 4.79 Å². The fourth-order valence-corrected chi connectivity index (χ4v) is 2.65. The summed E-state index contributed by atoms with van der Waals surface area (Å²) in [5, 5.41) is 7.34. The second-order valence-electron chi connectivity index (χ2n) is 6.21. The number of benzene rings is 2. The van der Waals surface area contributed by atoms with Gasteiger partial charge in [0.15, 0.2) is 12.6 Å². The standard InChI is InChI=1S/C21H27ClN4O2/c1-2-24-21(25-13-11-16-3-7-18(22)8-4-16)26-14-12-17-5-9-19(10-6-17)28-15-20(23)27/h3-10H,2,11-15H2,1H3,(H2,23,27)(H2,24,25,26). The Labute approximate surface area is 171 Å². The van der Waals surface area contributed by atoms with Gasteiger partial charge in [0.25, 0.3) is 5.91 Å². The molecule has 2 rings (SSSR count). The fraction of sp³-hybridized carbons (Fsp3) is 0.333. The molecule has 0 aliphatic rings. The van der Waals surface area contributed by atoms with Crippen LogP contribution in [0.15, 0.2) is 53.5 Å². The highest BCUT2D eigenvalue weighted by Gasteiger charge is 2.01. The van der Waals surface area contributed by atoms with Gasteiger partial charge in [-0.05, 0) is 55.2 Å². The number of ether oxygens (including phenoxy) is 1. The van der Waals surface area contributed by atoms with E-state index in [4.69, 9.17) is 22.1 Å². The second-order valence-corrected chi connectivity index (χ2v) is 6.65. The van der Waals surface area contributed by atoms with Crippen molar-refractivity contribution >= 4 is 23.5 Å². The first kappa shape index (κ1) is 21.6. The van der Waals surface area contributed by atoms with Gasteiger partial charge in [-0.1, -0.05) is 35.9 Å². The molecule has 0 fully saturated rings. The first-order valence-electron chi connectivity index (χ1n) is 9.33. The highest BCUT2D eigenvalue weighted by atomic mass is 35.5. The first-order chi connectivity index (χ1) is 13.6. The first-order valence-corrected chi connectivity index (χ1v) is 9.71. The molecule has 0 aliphatic heterocycles. The number of hydrogen-bond acceptors (Lipinski definition) is 3. The summed E-state index contributed by atoms with van der Waals surface area (Å²) in [7, 11) is 0. The third-order valence-electron chi connectivity index (χ3n) is 3.94. The summed E-state index contributed by atoms with van der Waals surface area (Å²) in [6.07, 6.45) is 1.71. The maximum atomic E-state index is 10.7. The number of nitrogens with zero attached hydrogens (tertiary/aromatic N) is 1. The Bertz CT molecular complexity index is 761. The Morgan fingerprint density at radius 3 is 2.32 bits per heavy atom. The van der Waals surface area contributed by atoms with Crippen molar-refractivity contribution in [1.29, 1.82) is 0 Å². The van der Waals surface area contributed by atoms with Gasteiger partial charge >= 0.3 is 0 Å². The summed E-state index contributed by atoms with van der Waals surface area (Å²) >= 11 is 5.91. The summed E-state index contributed by atoms with van der Waals surface area (Å²) in [4.78, 5) is 15.3. The van der Waals surface area contributed by atoms with Crippen molar-refractivity contribution in [2.24, 2.45) is 10.7 Å². The molecular weight excluding hydrogens is 376 g/mol. The number of halogens is 1. The largest absolute Gasteiger partial charge is 0.484 e. The highest BCUT2D eigenvalue weighted by molar-refractivity contribution is 6.30. The molecule has 7 heteroatoms. The van der Waals surface area contributed by atoms with E-state index in [2.05, 4.69) is 15.6 Å². The summed E-state index contributed by atoms with van der Waals surface area (Å²) in [5.41, 5.74) is 7.44. The molecule has 0 aromatic heterocycles. The van der Waals surface area contributed by atoms with Gasteiger partial charge in [0.05, 0.1) is 0 Å². The predicted molar refractivity (Wildman–Crippen MR) is 114 cm³/mol. The van der Waals surface area contributed by atoms with Crippen LogP contribution in [0.3, 0.4) is 0 Å². The monoisotopic (exact) mass is 402 g/mol. The fourth-order valence-electron chi connectivity index (χ4n) is 2.52. The number of rotatable bonds is 10. The zero-order valence-electron chi connectivity index (χ0n) is 16.1. The van der Waals surface area contributed by atoms with Gasteiger partial charge in [0.2, 0.25) is 0 Å². The maximum absolute atomic E-state index is 10.7. The number of aliphatic imine (C=N–C) groups is 1. The molecule has 0 heterocycles. The number of nitrogens with two attached hydrogens (primary N) is 1. The molecule has 0 aliphatic carbocycles. The van der Waals surface area contributed by atoms with E-state index in [1.165, 1.54) is 5.56 Å². The summed E-state index contributed by atoms with van der Waals surface area (Å²) < 4.78 is 5.26. The normalized spacial score (nSPS) is 11.1. The molecule has 1 amide bonds. The Morgan fingerprint density at radius 2 is 1.68 bits per heavy atom. The molecule has 0 spiro atoms. The van der Waals surface area contributed by atoms with Crippen LogP contribution in [-0.2, 0) is 17.6 Å². The lowest BCUT2D eigenvalue weighted by Gasteiger charge is -2.11. The Balaban J connectivity index is 1.77. The smallest absolute Gasteiger partial charge is 0.255 e. The number of hydrogen-bond donors (Lipinski definition) is 3. The van der Waals surface area contributed by atoms with E-state index in [0.717, 1.165) is 42.5 Å². The van der Waals surface area contributed by atoms with Crippen molar-refractivity contribution in [2.45, 2.75) is 19.8 Å². The molecule has 0 bridgehead atoms. The van der Waals surface area contributed by atoms with Crippen LogP contribution < -0.4 is 21.1 Å². The van der Waals surface area contributed by atoms with Crippen LogP contribution in [0.5, 0.6) is 5.75 Å². The quantitative estimate of drug-likeness (QED) is 0.421. The number of guanidine groups is 1. The predicted octanol–water partition coefficient (Wildman–Crippen LogP) is 2.54. The number of carbonyl (C=O) groups is 1. The number of amides is 1. The van der Waals surface area contributed by atoms with Crippen LogP contribution in [-0.4, -0.2) is 38.1 Å². The van der Waals surface area contributed by atoms with Crippen LogP contribution in [0.2, 0.25) is 5.02 Å². The lowest BCUT2D eigenvalue weighted by atomic mass is 10.1. The van der Waals surface area contributed by atoms with E-state index in [0.29, 0.717) is 12.3 Å². The van der Waals surface area contributed by atoms with Gasteiger partial charge in [0.1, 0.15) is 5.75 Å². The molecular formula is C21H27ClN4O2. The number of nitrogens with one attached hydrogen (secondary N) is 2. The highest BCUT2D eigenvalue weighted by Crippen LogP contribution is 2.12. The van der Waals surface area contributed by atoms with E-state index >= 15 is 0 Å². The van der Waals surface area contributed by atoms with E-state index in [-0.39, 0.29) is 6.61 Å². The van der Waals surface area contributed by atoms with Gasteiger partial charge in [-0.25, -0.2) is 0 Å². The van der Waals surface area contributed by atoms with Crippen molar-refractivity contribution in [3.05, 3.63) is 64.7 Å². The van der Waals surface area contributed by atoms with Crippen LogP contribution in [0.25, 0.3) is 0 Å². The van der Waals surface area contributed by atoms with Crippen molar-refractivity contribution in [1.82, 2.24) is 10.6 Å². The summed E-state index contributed by atoms with van der Waals surface area (Å²) in [5.74, 6) is 0.949. The lowest BCUT2D eigenvalue weighted by Crippen LogP contribution is -2.38. The molecule has 0 radical (unpaired) electrons. The van der Waals surface area contributed by atoms with Crippen molar-refractivity contribution in [2.75, 3.05) is 26.2 Å². The average molecular weight is 403 g/mol. The zero-order valence-corrected chi connectivity index (χ0v) is 16.8. The van der Waals surface area contributed by atoms with Crippen molar-refractivity contribution in [3.8, 4) is 5.75 Å². The van der Waals surface area contributed by atoms with Crippen molar-refractivity contribution < 1.29 is 9.53 Å². The lowest BCUT2D eigenvalue weighted by molar-refractivity contribution is -0.119. The molecule has 28 heavy (non-hydrogen) atoms. The Morgan fingerprint density at radius 1 is 1.04 bits per heavy atom. The molecule has 2 aromatic rings. The minimum atomic E-state index is -0.487. The molecule has 0 saturated carbocycles. The van der Waals surface area contributed by atoms with Gasteiger partial charge in [-0.2, -0.15) is 0 Å². The van der Waals surface area contributed by atoms with Crippen LogP contribution in [0.4, 0.5) is 0 Å². The SMILES string of the molecule is CCNC(=NCCc1ccc(Cl)cc1)NCCc1ccc(OCC(N)=O)cc1. The molecule has 150 valence electrons. The third kappa shape index (κ3) is 8.31. The molecule has 0 atom stereocenters. The van der Waals surface area contributed by atoms with E-state index in [1.807, 2.05) is 55.5 Å². The van der Waals surface area contributed by atoms with Crippen LogP contribution in [0, 0.1) is 0 Å². The average Bonchev–Trinajstić information content (AvgIpc) is 2.69. The molecule has 2 aromatic carbocycles. The van der Waals surface area contributed by atoms with Crippen LogP contribution in [0.1, 0.15) is 18.1 Å². The van der Waals surface area contributed by atoms with Gasteiger partial charge in [-0.15, -0.1) is 0 Å². The topological polar surface area (TPSA) is 88.7 Å². The maximum Gasteiger partial charge on any atom is 0.255 e. The minimum absolute atomic E-state index is 0.112.